The lowest BCUT2D eigenvalue weighted by atomic mass is 9.95. The third-order valence-electron chi connectivity index (χ3n) is 6.44. The van der Waals surface area contributed by atoms with Crippen molar-refractivity contribution in [3.05, 3.63) is 89.0 Å². The molecule has 1 fully saturated rings. The number of likely N-dealkylation sites (tertiary alicyclic amines) is 1. The first-order valence-corrected chi connectivity index (χ1v) is 12.4. The van der Waals surface area contributed by atoms with Crippen molar-refractivity contribution in [2.45, 2.75) is 32.5 Å². The zero-order chi connectivity index (χ0) is 26.8. The van der Waals surface area contributed by atoms with E-state index in [2.05, 4.69) is 0 Å². The van der Waals surface area contributed by atoms with Gasteiger partial charge in [-0.05, 0) is 67.4 Å². The molecule has 0 aliphatic carbocycles. The maximum absolute atomic E-state index is 13.4. The van der Waals surface area contributed by atoms with Crippen molar-refractivity contribution in [1.82, 2.24) is 4.90 Å². The Bertz CT molecular complexity index is 1380. The molecule has 8 nitrogen and oxygen atoms in total. The van der Waals surface area contributed by atoms with Crippen LogP contribution in [-0.2, 0) is 16.1 Å². The van der Waals surface area contributed by atoms with Crippen LogP contribution in [0.1, 0.15) is 36.6 Å². The van der Waals surface area contributed by atoms with Crippen LogP contribution in [-0.4, -0.2) is 48.1 Å². The molecule has 0 saturated carbocycles. The summed E-state index contributed by atoms with van der Waals surface area (Å²) in [6.45, 7) is 4.86. The van der Waals surface area contributed by atoms with Crippen molar-refractivity contribution in [3.8, 4) is 23.0 Å². The molecule has 0 bridgehead atoms. The second kappa shape index (κ2) is 10.5. The zero-order valence-electron chi connectivity index (χ0n) is 21.5. The number of amides is 1. The number of benzene rings is 3. The number of ether oxygens (including phenoxy) is 4. The molecular weight excluding hydrogens is 486 g/mol. The molecule has 1 N–H and O–H groups in total. The van der Waals surface area contributed by atoms with Crippen molar-refractivity contribution in [1.29, 1.82) is 0 Å². The van der Waals surface area contributed by atoms with Crippen LogP contribution in [0.4, 0.5) is 0 Å². The lowest BCUT2D eigenvalue weighted by molar-refractivity contribution is -0.140. The van der Waals surface area contributed by atoms with E-state index in [-0.39, 0.29) is 24.0 Å². The highest BCUT2D eigenvalue weighted by atomic mass is 16.6. The molecule has 1 unspecified atom stereocenters. The van der Waals surface area contributed by atoms with Gasteiger partial charge < -0.3 is 29.0 Å². The van der Waals surface area contributed by atoms with E-state index in [1.807, 2.05) is 38.1 Å². The largest absolute Gasteiger partial charge is 0.507 e. The van der Waals surface area contributed by atoms with E-state index >= 15 is 0 Å². The maximum Gasteiger partial charge on any atom is 0.295 e. The number of rotatable bonds is 7. The Morgan fingerprint density at radius 2 is 1.61 bits per heavy atom. The topological polar surface area (TPSA) is 94.5 Å². The van der Waals surface area contributed by atoms with Gasteiger partial charge in [-0.3, -0.25) is 9.59 Å². The molecule has 2 aliphatic rings. The van der Waals surface area contributed by atoms with Crippen LogP contribution in [0.3, 0.4) is 0 Å². The zero-order valence-corrected chi connectivity index (χ0v) is 21.5. The number of fused-ring (bicyclic) bond motifs is 1. The van der Waals surface area contributed by atoms with Gasteiger partial charge in [0.1, 0.15) is 30.5 Å². The van der Waals surface area contributed by atoms with Gasteiger partial charge in [0, 0.05) is 12.1 Å². The van der Waals surface area contributed by atoms with Gasteiger partial charge >= 0.3 is 0 Å². The van der Waals surface area contributed by atoms with Crippen LogP contribution in [0.5, 0.6) is 23.0 Å². The molecule has 38 heavy (non-hydrogen) atoms. The van der Waals surface area contributed by atoms with Gasteiger partial charge in [0.25, 0.3) is 11.7 Å². The van der Waals surface area contributed by atoms with Crippen LogP contribution in [0.15, 0.2) is 72.3 Å². The minimum absolute atomic E-state index is 0.00300. The van der Waals surface area contributed by atoms with Crippen LogP contribution in [0, 0.1) is 0 Å². The van der Waals surface area contributed by atoms with Gasteiger partial charge in [-0.15, -0.1) is 0 Å². The number of carbonyl (C=O) groups excluding carboxylic acids is 2. The molecule has 0 aromatic heterocycles. The minimum Gasteiger partial charge on any atom is -0.507 e. The average Bonchev–Trinajstić information content (AvgIpc) is 3.18. The summed E-state index contributed by atoms with van der Waals surface area (Å²) in [5.74, 6) is 0.676. The number of carbonyl (C=O) groups is 2. The quantitative estimate of drug-likeness (QED) is 0.272. The molecule has 1 saturated heterocycles. The summed E-state index contributed by atoms with van der Waals surface area (Å²) in [6, 6.07) is 18.7. The summed E-state index contributed by atoms with van der Waals surface area (Å²) < 4.78 is 22.2. The summed E-state index contributed by atoms with van der Waals surface area (Å²) in [5, 5.41) is 11.4. The van der Waals surface area contributed by atoms with E-state index in [9.17, 15) is 14.7 Å². The van der Waals surface area contributed by atoms with Crippen LogP contribution in [0.2, 0.25) is 0 Å². The monoisotopic (exact) mass is 515 g/mol. The Labute approximate surface area is 221 Å². The Balaban J connectivity index is 1.58. The number of hydrogen-bond donors (Lipinski definition) is 1. The standard InChI is InChI=1S/C30H29NO7/c1-18(2)38-23-11-6-20(7-12-23)27-26(28(32)21-8-13-24-25(16-21)37-15-14-36-24)29(33)30(34)31(27)17-19-4-9-22(35-3)10-5-19/h4-13,16,18,27,32H,14-15,17H2,1-3H3/b28-26-. The predicted molar refractivity (Wildman–Crippen MR) is 140 cm³/mol. The third-order valence-corrected chi connectivity index (χ3v) is 6.44. The fourth-order valence-corrected chi connectivity index (χ4v) is 4.66. The number of ketones is 1. The summed E-state index contributed by atoms with van der Waals surface area (Å²) in [5.41, 5.74) is 1.86. The highest BCUT2D eigenvalue weighted by Gasteiger charge is 2.46. The highest BCUT2D eigenvalue weighted by molar-refractivity contribution is 6.46. The van der Waals surface area contributed by atoms with E-state index < -0.39 is 17.7 Å². The lowest BCUT2D eigenvalue weighted by Gasteiger charge is -2.26. The van der Waals surface area contributed by atoms with Gasteiger partial charge in [0.2, 0.25) is 0 Å². The Kier molecular flexibility index (Phi) is 6.96. The number of methoxy groups -OCH3 is 1. The fraction of sp³-hybridized carbons (Fsp3) is 0.267. The number of aliphatic hydroxyl groups excluding tert-OH is 1. The first-order valence-electron chi connectivity index (χ1n) is 12.4. The van der Waals surface area contributed by atoms with E-state index in [1.54, 1.807) is 49.6 Å². The van der Waals surface area contributed by atoms with E-state index in [0.717, 1.165) is 5.56 Å². The van der Waals surface area contributed by atoms with Gasteiger partial charge in [-0.1, -0.05) is 24.3 Å². The van der Waals surface area contributed by atoms with Gasteiger partial charge in [0.05, 0.1) is 24.8 Å². The highest BCUT2D eigenvalue weighted by Crippen LogP contribution is 2.42. The summed E-state index contributed by atoms with van der Waals surface area (Å²) >= 11 is 0. The first-order chi connectivity index (χ1) is 18.4. The second-order valence-electron chi connectivity index (χ2n) is 9.37. The molecule has 196 valence electrons. The minimum atomic E-state index is -0.807. The molecule has 3 aromatic rings. The molecule has 2 heterocycles. The molecular formula is C30H29NO7. The van der Waals surface area contributed by atoms with Crippen molar-refractivity contribution < 1.29 is 33.6 Å². The number of Topliss-reactive ketones (excluding diaryl/α,β-unsaturated/α-hetero) is 1. The molecule has 1 amide bonds. The second-order valence-corrected chi connectivity index (χ2v) is 9.37. The predicted octanol–water partition coefficient (Wildman–Crippen LogP) is 4.88. The number of hydrogen-bond acceptors (Lipinski definition) is 7. The lowest BCUT2D eigenvalue weighted by Crippen LogP contribution is -2.29. The Hall–Kier alpha value is -4.46. The molecule has 0 spiro atoms. The normalized spacial score (nSPS) is 18.1. The van der Waals surface area contributed by atoms with Crippen LogP contribution >= 0.6 is 0 Å². The molecule has 5 rings (SSSR count). The van der Waals surface area contributed by atoms with Crippen LogP contribution < -0.4 is 18.9 Å². The van der Waals surface area contributed by atoms with Gasteiger partial charge in [0.15, 0.2) is 11.5 Å². The summed E-state index contributed by atoms with van der Waals surface area (Å²) in [6.07, 6.45) is -0.00300. The SMILES string of the molecule is COc1ccc(CN2C(=O)C(=O)/C(=C(\O)c3ccc4c(c3)OCCO4)C2c2ccc(OC(C)C)cc2)cc1. The first kappa shape index (κ1) is 25.2. The fourth-order valence-electron chi connectivity index (χ4n) is 4.66. The Morgan fingerprint density at radius 3 is 2.26 bits per heavy atom. The number of nitrogens with zero attached hydrogens (tertiary/aromatic N) is 1. The average molecular weight is 516 g/mol. The number of aliphatic hydroxyl groups is 1. The van der Waals surface area contributed by atoms with Crippen molar-refractivity contribution in [3.63, 3.8) is 0 Å². The Morgan fingerprint density at radius 1 is 0.947 bits per heavy atom. The van der Waals surface area contributed by atoms with E-state index in [0.29, 0.717) is 47.3 Å². The summed E-state index contributed by atoms with van der Waals surface area (Å²) in [7, 11) is 1.58. The van der Waals surface area contributed by atoms with Crippen molar-refractivity contribution >= 4 is 17.4 Å². The molecule has 3 aromatic carbocycles. The van der Waals surface area contributed by atoms with E-state index in [1.165, 1.54) is 4.90 Å². The third kappa shape index (κ3) is 4.89. The molecule has 0 radical (unpaired) electrons. The van der Waals surface area contributed by atoms with Crippen LogP contribution in [0.25, 0.3) is 5.76 Å². The molecule has 1 atom stereocenters. The van der Waals surface area contributed by atoms with Gasteiger partial charge in [-0.25, -0.2) is 0 Å². The molecule has 2 aliphatic heterocycles. The summed E-state index contributed by atoms with van der Waals surface area (Å²) in [4.78, 5) is 28.2. The van der Waals surface area contributed by atoms with Crippen molar-refractivity contribution in [2.75, 3.05) is 20.3 Å². The van der Waals surface area contributed by atoms with E-state index in [4.69, 9.17) is 18.9 Å². The maximum atomic E-state index is 13.4. The van der Waals surface area contributed by atoms with Crippen molar-refractivity contribution in [2.24, 2.45) is 0 Å². The van der Waals surface area contributed by atoms with Gasteiger partial charge in [-0.2, -0.15) is 0 Å². The molecule has 8 heteroatoms. The smallest absolute Gasteiger partial charge is 0.295 e.